The third kappa shape index (κ3) is 4.70. The van der Waals surface area contributed by atoms with Crippen molar-refractivity contribution in [2.45, 2.75) is 13.3 Å². The van der Waals surface area contributed by atoms with Crippen LogP contribution in [0.1, 0.15) is 11.1 Å². The predicted octanol–water partition coefficient (Wildman–Crippen LogP) is 3.05. The van der Waals surface area contributed by atoms with Crippen molar-refractivity contribution >= 4 is 33.4 Å². The Kier molecular flexibility index (Phi) is 5.72. The summed E-state index contributed by atoms with van der Waals surface area (Å²) in [4.78, 5) is 23.6. The van der Waals surface area contributed by atoms with Gasteiger partial charge in [0, 0.05) is 16.7 Å². The van der Waals surface area contributed by atoms with E-state index in [2.05, 4.69) is 26.6 Å². The van der Waals surface area contributed by atoms with Gasteiger partial charge in [-0.15, -0.1) is 0 Å². The number of carbonyl (C=O) groups excluding carboxylic acids is 2. The number of aryl methyl sites for hydroxylation is 1. The van der Waals surface area contributed by atoms with Gasteiger partial charge in [0.15, 0.2) is 0 Å². The van der Waals surface area contributed by atoms with Gasteiger partial charge in [0.25, 0.3) is 0 Å². The molecule has 0 heterocycles. The predicted molar refractivity (Wildman–Crippen MR) is 90.7 cm³/mol. The van der Waals surface area contributed by atoms with Crippen LogP contribution in [0.2, 0.25) is 0 Å². The molecule has 2 N–H and O–H groups in total. The molecule has 22 heavy (non-hydrogen) atoms. The summed E-state index contributed by atoms with van der Waals surface area (Å²) < 4.78 is 0.926. The molecule has 0 aliphatic heterocycles. The number of anilines is 1. The quantitative estimate of drug-likeness (QED) is 0.823. The number of hydrogen-bond donors (Lipinski definition) is 2. The number of nitrogens with one attached hydrogen (secondary N) is 2. The summed E-state index contributed by atoms with van der Waals surface area (Å²) in [5, 5.41) is 5.24. The van der Waals surface area contributed by atoms with E-state index >= 15 is 0 Å². The Balaban J connectivity index is 1.83. The third-order valence-corrected chi connectivity index (χ3v) is 3.68. The van der Waals surface area contributed by atoms with Crippen LogP contribution >= 0.6 is 15.9 Å². The Morgan fingerprint density at radius 3 is 2.45 bits per heavy atom. The maximum absolute atomic E-state index is 11.9. The first-order chi connectivity index (χ1) is 10.6. The molecule has 0 fully saturated rings. The highest BCUT2D eigenvalue weighted by Gasteiger charge is 2.14. The van der Waals surface area contributed by atoms with Crippen LogP contribution < -0.4 is 10.6 Å². The first kappa shape index (κ1) is 16.2. The van der Waals surface area contributed by atoms with E-state index in [9.17, 15) is 9.59 Å². The number of hydrogen-bond acceptors (Lipinski definition) is 2. The van der Waals surface area contributed by atoms with E-state index in [-0.39, 0.29) is 0 Å². The molecular weight excluding hydrogens is 344 g/mol. The monoisotopic (exact) mass is 360 g/mol. The van der Waals surface area contributed by atoms with Crippen LogP contribution in [-0.2, 0) is 16.0 Å². The highest BCUT2D eigenvalue weighted by molar-refractivity contribution is 9.10. The van der Waals surface area contributed by atoms with Gasteiger partial charge in [0.1, 0.15) is 0 Å². The molecule has 0 aliphatic carbocycles. The minimum atomic E-state index is -0.654. The van der Waals surface area contributed by atoms with Gasteiger partial charge in [0.2, 0.25) is 0 Å². The average molecular weight is 361 g/mol. The second kappa shape index (κ2) is 7.75. The van der Waals surface area contributed by atoms with Crippen LogP contribution in [0.3, 0.4) is 0 Å². The molecule has 2 rings (SSSR count). The van der Waals surface area contributed by atoms with Crippen LogP contribution in [0.15, 0.2) is 53.0 Å². The van der Waals surface area contributed by atoms with E-state index in [1.807, 2.05) is 49.4 Å². The lowest BCUT2D eigenvalue weighted by Crippen LogP contribution is -2.36. The van der Waals surface area contributed by atoms with Crippen molar-refractivity contribution in [1.82, 2.24) is 5.32 Å². The first-order valence-electron chi connectivity index (χ1n) is 6.95. The number of halogens is 1. The molecule has 2 aromatic carbocycles. The Bertz CT molecular complexity index is 672. The minimum Gasteiger partial charge on any atom is -0.347 e. The first-order valence-corrected chi connectivity index (χ1v) is 7.75. The van der Waals surface area contributed by atoms with Crippen LogP contribution in [0, 0.1) is 6.92 Å². The van der Waals surface area contributed by atoms with Crippen LogP contribution in [0.5, 0.6) is 0 Å². The molecular formula is C17H17BrN2O2. The van der Waals surface area contributed by atoms with E-state index in [4.69, 9.17) is 0 Å². The fourth-order valence-corrected chi connectivity index (χ4v) is 2.47. The van der Waals surface area contributed by atoms with Gasteiger partial charge in [-0.3, -0.25) is 9.59 Å². The molecule has 4 nitrogen and oxygen atoms in total. The smallest absolute Gasteiger partial charge is 0.313 e. The van der Waals surface area contributed by atoms with Gasteiger partial charge in [-0.05, 0) is 42.7 Å². The van der Waals surface area contributed by atoms with E-state index < -0.39 is 11.8 Å². The fourth-order valence-electron chi connectivity index (χ4n) is 1.99. The molecule has 0 atom stereocenters. The van der Waals surface area contributed by atoms with Crippen LogP contribution in [0.25, 0.3) is 0 Å². The highest BCUT2D eigenvalue weighted by Crippen LogP contribution is 2.19. The summed E-state index contributed by atoms with van der Waals surface area (Å²) >= 11 is 3.36. The van der Waals surface area contributed by atoms with Crippen LogP contribution in [0.4, 0.5) is 5.69 Å². The molecule has 5 heteroatoms. The summed E-state index contributed by atoms with van der Waals surface area (Å²) in [6, 6.07) is 15.2. The standard InChI is InChI=1S/C17H17BrN2O2/c1-12-11-14(18)7-8-15(12)20-17(22)16(21)19-10-9-13-5-3-2-4-6-13/h2-8,11H,9-10H2,1H3,(H,19,21)(H,20,22). The maximum atomic E-state index is 11.9. The molecule has 2 amide bonds. The molecule has 0 aliphatic rings. The zero-order chi connectivity index (χ0) is 15.9. The number of rotatable bonds is 4. The Morgan fingerprint density at radius 2 is 1.77 bits per heavy atom. The van der Waals surface area contributed by atoms with Crippen molar-refractivity contribution in [3.05, 3.63) is 64.1 Å². The third-order valence-electron chi connectivity index (χ3n) is 3.18. The number of carbonyl (C=O) groups is 2. The average Bonchev–Trinajstić information content (AvgIpc) is 2.51. The second-order valence-electron chi connectivity index (χ2n) is 4.90. The van der Waals surface area contributed by atoms with Gasteiger partial charge in [-0.2, -0.15) is 0 Å². The molecule has 114 valence electrons. The summed E-state index contributed by atoms with van der Waals surface area (Å²) in [6.07, 6.45) is 0.692. The van der Waals surface area contributed by atoms with Gasteiger partial charge in [-0.1, -0.05) is 46.3 Å². The van der Waals surface area contributed by atoms with Crippen molar-refractivity contribution < 1.29 is 9.59 Å². The molecule has 2 aromatic rings. The SMILES string of the molecule is Cc1cc(Br)ccc1NC(=O)C(=O)NCCc1ccccc1. The number of amides is 2. The molecule has 0 bridgehead atoms. The molecule has 0 aromatic heterocycles. The summed E-state index contributed by atoms with van der Waals surface area (Å²) in [7, 11) is 0. The van der Waals surface area contributed by atoms with Crippen LogP contribution in [-0.4, -0.2) is 18.4 Å². The topological polar surface area (TPSA) is 58.2 Å². The van der Waals surface area contributed by atoms with Gasteiger partial charge >= 0.3 is 11.8 Å². The summed E-state index contributed by atoms with van der Waals surface area (Å²) in [5.74, 6) is -1.28. The Hall–Kier alpha value is -2.14. The van der Waals surface area contributed by atoms with Crippen molar-refractivity contribution in [2.24, 2.45) is 0 Å². The molecule has 0 unspecified atom stereocenters. The molecule has 0 saturated carbocycles. The van der Waals surface area contributed by atoms with Crippen molar-refractivity contribution in [3.8, 4) is 0 Å². The second-order valence-corrected chi connectivity index (χ2v) is 5.82. The zero-order valence-electron chi connectivity index (χ0n) is 12.2. The fraction of sp³-hybridized carbons (Fsp3) is 0.176. The Labute approximate surface area is 138 Å². The van der Waals surface area contributed by atoms with Gasteiger partial charge < -0.3 is 10.6 Å². The Morgan fingerprint density at radius 1 is 1.05 bits per heavy atom. The van der Waals surface area contributed by atoms with E-state index in [0.717, 1.165) is 15.6 Å². The van der Waals surface area contributed by atoms with E-state index in [1.165, 1.54) is 0 Å². The van der Waals surface area contributed by atoms with E-state index in [0.29, 0.717) is 18.7 Å². The maximum Gasteiger partial charge on any atom is 0.313 e. The summed E-state index contributed by atoms with van der Waals surface area (Å²) in [6.45, 7) is 2.29. The highest BCUT2D eigenvalue weighted by atomic mass is 79.9. The van der Waals surface area contributed by atoms with Crippen molar-refractivity contribution in [3.63, 3.8) is 0 Å². The van der Waals surface area contributed by atoms with Gasteiger partial charge in [0.05, 0.1) is 0 Å². The molecule has 0 saturated heterocycles. The lowest BCUT2D eigenvalue weighted by Gasteiger charge is -2.09. The lowest BCUT2D eigenvalue weighted by molar-refractivity contribution is -0.136. The normalized spacial score (nSPS) is 10.1. The minimum absolute atomic E-state index is 0.426. The van der Waals surface area contributed by atoms with E-state index in [1.54, 1.807) is 6.07 Å². The largest absolute Gasteiger partial charge is 0.347 e. The summed E-state index contributed by atoms with van der Waals surface area (Å²) in [5.41, 5.74) is 2.64. The number of benzene rings is 2. The molecule has 0 radical (unpaired) electrons. The lowest BCUT2D eigenvalue weighted by atomic mass is 10.1. The molecule has 0 spiro atoms. The van der Waals surface area contributed by atoms with Crippen molar-refractivity contribution in [2.75, 3.05) is 11.9 Å². The zero-order valence-corrected chi connectivity index (χ0v) is 13.8. The van der Waals surface area contributed by atoms with Crippen molar-refractivity contribution in [1.29, 1.82) is 0 Å². The van der Waals surface area contributed by atoms with Gasteiger partial charge in [-0.25, -0.2) is 0 Å².